The SMILES string of the molecule is CCC(C)C(Nc1cc(C)nc(-c2cccnc2)n1)C(N)=O. The third-order valence-corrected chi connectivity index (χ3v) is 3.60. The third-order valence-electron chi connectivity index (χ3n) is 3.60. The molecule has 22 heavy (non-hydrogen) atoms. The number of anilines is 1. The van der Waals surface area contributed by atoms with Crippen LogP contribution in [0.1, 0.15) is 26.0 Å². The molecule has 0 saturated carbocycles. The number of aryl methyl sites for hydroxylation is 1. The van der Waals surface area contributed by atoms with Crippen LogP contribution in [-0.2, 0) is 4.79 Å². The summed E-state index contributed by atoms with van der Waals surface area (Å²) in [5, 5.41) is 3.13. The van der Waals surface area contributed by atoms with Gasteiger partial charge in [-0.3, -0.25) is 9.78 Å². The van der Waals surface area contributed by atoms with Crippen LogP contribution >= 0.6 is 0 Å². The minimum Gasteiger partial charge on any atom is -0.368 e. The zero-order valence-electron chi connectivity index (χ0n) is 13.1. The number of nitrogens with two attached hydrogens (primary N) is 1. The Kier molecular flexibility index (Phi) is 5.04. The van der Waals surface area contributed by atoms with Crippen LogP contribution in [-0.4, -0.2) is 26.9 Å². The summed E-state index contributed by atoms with van der Waals surface area (Å²) in [5.74, 6) is 0.904. The van der Waals surface area contributed by atoms with Crippen LogP contribution in [0.4, 0.5) is 5.82 Å². The Bertz CT molecular complexity index is 644. The summed E-state index contributed by atoms with van der Waals surface area (Å²) >= 11 is 0. The monoisotopic (exact) mass is 299 g/mol. The molecule has 116 valence electrons. The molecule has 0 fully saturated rings. The molecule has 0 aliphatic rings. The van der Waals surface area contributed by atoms with Crippen LogP contribution in [0.5, 0.6) is 0 Å². The summed E-state index contributed by atoms with van der Waals surface area (Å²) in [6, 6.07) is 5.07. The highest BCUT2D eigenvalue weighted by molar-refractivity contribution is 5.83. The van der Waals surface area contributed by atoms with Gasteiger partial charge in [0.25, 0.3) is 0 Å². The van der Waals surface area contributed by atoms with Gasteiger partial charge in [-0.15, -0.1) is 0 Å². The molecule has 3 N–H and O–H groups in total. The quantitative estimate of drug-likeness (QED) is 0.852. The molecule has 2 unspecified atom stereocenters. The molecule has 0 radical (unpaired) electrons. The number of hydrogen-bond acceptors (Lipinski definition) is 5. The van der Waals surface area contributed by atoms with Crippen LogP contribution in [0.25, 0.3) is 11.4 Å². The van der Waals surface area contributed by atoms with Crippen molar-refractivity contribution in [1.29, 1.82) is 0 Å². The predicted molar refractivity (Wildman–Crippen MR) is 86.1 cm³/mol. The topological polar surface area (TPSA) is 93.8 Å². The molecule has 2 aromatic rings. The number of pyridine rings is 1. The normalized spacial score (nSPS) is 13.4. The first-order valence-electron chi connectivity index (χ1n) is 7.33. The fraction of sp³-hybridized carbons (Fsp3) is 0.375. The summed E-state index contributed by atoms with van der Waals surface area (Å²) in [5.41, 5.74) is 7.13. The van der Waals surface area contributed by atoms with E-state index in [9.17, 15) is 4.79 Å². The second-order valence-corrected chi connectivity index (χ2v) is 5.37. The fourth-order valence-corrected chi connectivity index (χ4v) is 2.16. The smallest absolute Gasteiger partial charge is 0.240 e. The van der Waals surface area contributed by atoms with Crippen LogP contribution in [0.15, 0.2) is 30.6 Å². The molecule has 0 aliphatic carbocycles. The lowest BCUT2D eigenvalue weighted by atomic mass is 9.98. The summed E-state index contributed by atoms with van der Waals surface area (Å²) in [4.78, 5) is 24.6. The molecule has 6 nitrogen and oxygen atoms in total. The Labute approximate surface area is 130 Å². The highest BCUT2D eigenvalue weighted by Crippen LogP contribution is 2.19. The molecule has 0 aliphatic heterocycles. The molecular weight excluding hydrogens is 278 g/mol. The maximum atomic E-state index is 11.7. The van der Waals surface area contributed by atoms with Crippen molar-refractivity contribution in [2.45, 2.75) is 33.2 Å². The fourth-order valence-electron chi connectivity index (χ4n) is 2.16. The van der Waals surface area contributed by atoms with Gasteiger partial charge >= 0.3 is 0 Å². The number of amides is 1. The van der Waals surface area contributed by atoms with Gasteiger partial charge in [-0.05, 0) is 25.0 Å². The Balaban J connectivity index is 2.32. The summed E-state index contributed by atoms with van der Waals surface area (Å²) in [6.07, 6.45) is 4.25. The molecule has 2 rings (SSSR count). The molecule has 2 atom stereocenters. The van der Waals surface area contributed by atoms with Crippen molar-refractivity contribution >= 4 is 11.7 Å². The number of nitrogens with zero attached hydrogens (tertiary/aromatic N) is 3. The second kappa shape index (κ2) is 6.98. The summed E-state index contributed by atoms with van der Waals surface area (Å²) in [7, 11) is 0. The van der Waals surface area contributed by atoms with Crippen LogP contribution in [0.2, 0.25) is 0 Å². The first kappa shape index (κ1) is 15.9. The van der Waals surface area contributed by atoms with Crippen molar-refractivity contribution in [1.82, 2.24) is 15.0 Å². The molecule has 0 saturated heterocycles. The molecule has 6 heteroatoms. The molecular formula is C16H21N5O. The van der Waals surface area contributed by atoms with E-state index in [4.69, 9.17) is 5.73 Å². The predicted octanol–water partition coefficient (Wildman–Crippen LogP) is 2.16. The first-order valence-corrected chi connectivity index (χ1v) is 7.33. The third kappa shape index (κ3) is 3.78. The highest BCUT2D eigenvalue weighted by atomic mass is 16.1. The van der Waals surface area contributed by atoms with Crippen molar-refractivity contribution in [3.63, 3.8) is 0 Å². The average molecular weight is 299 g/mol. The Hall–Kier alpha value is -2.50. The molecule has 0 bridgehead atoms. The number of primary amides is 1. The number of carbonyl (C=O) groups excluding carboxylic acids is 1. The lowest BCUT2D eigenvalue weighted by Gasteiger charge is -2.22. The Morgan fingerprint density at radius 3 is 2.77 bits per heavy atom. The van der Waals surface area contributed by atoms with Crippen molar-refractivity contribution in [2.75, 3.05) is 5.32 Å². The van der Waals surface area contributed by atoms with Gasteiger partial charge in [-0.25, -0.2) is 9.97 Å². The van der Waals surface area contributed by atoms with Gasteiger partial charge in [0.1, 0.15) is 11.9 Å². The van der Waals surface area contributed by atoms with E-state index in [1.165, 1.54) is 0 Å². The van der Waals surface area contributed by atoms with E-state index in [-0.39, 0.29) is 11.8 Å². The zero-order valence-corrected chi connectivity index (χ0v) is 13.1. The van der Waals surface area contributed by atoms with E-state index in [1.54, 1.807) is 18.5 Å². The number of rotatable bonds is 6. The van der Waals surface area contributed by atoms with Crippen LogP contribution in [0, 0.1) is 12.8 Å². The summed E-state index contributed by atoms with van der Waals surface area (Å²) in [6.45, 7) is 5.89. The van der Waals surface area contributed by atoms with Gasteiger partial charge in [0.15, 0.2) is 5.82 Å². The zero-order chi connectivity index (χ0) is 16.1. The van der Waals surface area contributed by atoms with Gasteiger partial charge in [-0.2, -0.15) is 0 Å². The van der Waals surface area contributed by atoms with E-state index in [0.717, 1.165) is 17.7 Å². The number of nitrogens with one attached hydrogen (secondary N) is 1. The lowest BCUT2D eigenvalue weighted by molar-refractivity contribution is -0.119. The summed E-state index contributed by atoms with van der Waals surface area (Å²) < 4.78 is 0. The van der Waals surface area contributed by atoms with Gasteiger partial charge < -0.3 is 11.1 Å². The van der Waals surface area contributed by atoms with Crippen LogP contribution in [0.3, 0.4) is 0 Å². The van der Waals surface area contributed by atoms with Crippen molar-refractivity contribution in [3.05, 3.63) is 36.3 Å². The number of hydrogen-bond donors (Lipinski definition) is 2. The Morgan fingerprint density at radius 1 is 1.41 bits per heavy atom. The maximum Gasteiger partial charge on any atom is 0.240 e. The largest absolute Gasteiger partial charge is 0.368 e. The molecule has 1 amide bonds. The molecule has 2 aromatic heterocycles. The number of aromatic nitrogens is 3. The standard InChI is InChI=1S/C16H21N5O/c1-4-10(2)14(15(17)22)20-13-8-11(3)19-16(21-13)12-6-5-7-18-9-12/h5-10,14H,4H2,1-3H3,(H2,17,22)(H,19,20,21). The average Bonchev–Trinajstić information content (AvgIpc) is 2.52. The first-order chi connectivity index (χ1) is 10.5. The van der Waals surface area contributed by atoms with Gasteiger partial charge in [0, 0.05) is 29.7 Å². The molecule has 0 aromatic carbocycles. The molecule has 0 spiro atoms. The minimum atomic E-state index is -0.457. The second-order valence-electron chi connectivity index (χ2n) is 5.37. The van der Waals surface area contributed by atoms with E-state index < -0.39 is 6.04 Å². The minimum absolute atomic E-state index is 0.120. The van der Waals surface area contributed by atoms with E-state index in [2.05, 4.69) is 20.3 Å². The van der Waals surface area contributed by atoms with E-state index in [1.807, 2.05) is 32.9 Å². The van der Waals surface area contributed by atoms with Gasteiger partial charge in [-0.1, -0.05) is 20.3 Å². The van der Waals surface area contributed by atoms with Crippen molar-refractivity contribution in [3.8, 4) is 11.4 Å². The van der Waals surface area contributed by atoms with Gasteiger partial charge in [0.2, 0.25) is 5.91 Å². The Morgan fingerprint density at radius 2 is 2.18 bits per heavy atom. The van der Waals surface area contributed by atoms with Crippen molar-refractivity contribution < 1.29 is 4.79 Å². The van der Waals surface area contributed by atoms with Crippen molar-refractivity contribution in [2.24, 2.45) is 11.7 Å². The maximum absolute atomic E-state index is 11.7. The van der Waals surface area contributed by atoms with Crippen LogP contribution < -0.4 is 11.1 Å². The highest BCUT2D eigenvalue weighted by Gasteiger charge is 2.22. The van der Waals surface area contributed by atoms with E-state index in [0.29, 0.717) is 11.6 Å². The lowest BCUT2D eigenvalue weighted by Crippen LogP contribution is -2.40. The van der Waals surface area contributed by atoms with Gasteiger partial charge in [0.05, 0.1) is 0 Å². The number of carbonyl (C=O) groups is 1. The molecule has 2 heterocycles. The van der Waals surface area contributed by atoms with E-state index >= 15 is 0 Å².